The normalized spacial score (nSPS) is 11.0. The number of fused-ring (bicyclic) bond motifs is 1. The van der Waals surface area contributed by atoms with Crippen molar-refractivity contribution in [1.29, 1.82) is 0 Å². The number of aromatic amines is 1. The summed E-state index contributed by atoms with van der Waals surface area (Å²) in [6.07, 6.45) is 0. The summed E-state index contributed by atoms with van der Waals surface area (Å²) in [6, 6.07) is 12.2. The van der Waals surface area contributed by atoms with Gasteiger partial charge in [0, 0.05) is 5.56 Å². The van der Waals surface area contributed by atoms with E-state index in [-0.39, 0.29) is 11.6 Å². The Balaban J connectivity index is 1.73. The standard InChI is InChI=1S/C17H15N7O2/c1-10-15(18-16(25)12-6-4-3-5-7-12)17(26)22-23(10)14-9-8-13-20-19-11(2)24(13)21-14/h3-9H,1-2H3,(H,18,25)(H,22,26). The summed E-state index contributed by atoms with van der Waals surface area (Å²) in [5.41, 5.74) is 1.39. The number of carbonyl (C=O) groups excluding carboxylic acids is 1. The Bertz CT molecular complexity index is 1170. The molecule has 0 bridgehead atoms. The molecule has 4 rings (SSSR count). The Morgan fingerprint density at radius 3 is 2.62 bits per heavy atom. The van der Waals surface area contributed by atoms with Crippen molar-refractivity contribution in [2.75, 3.05) is 5.32 Å². The zero-order valence-corrected chi connectivity index (χ0v) is 14.1. The number of amides is 1. The second-order valence-corrected chi connectivity index (χ2v) is 5.77. The van der Waals surface area contributed by atoms with Crippen LogP contribution in [0.3, 0.4) is 0 Å². The molecule has 0 aliphatic rings. The highest BCUT2D eigenvalue weighted by Gasteiger charge is 2.17. The highest BCUT2D eigenvalue weighted by molar-refractivity contribution is 6.04. The summed E-state index contributed by atoms with van der Waals surface area (Å²) in [6.45, 7) is 3.51. The predicted octanol–water partition coefficient (Wildman–Crippen LogP) is 1.47. The van der Waals surface area contributed by atoms with Crippen LogP contribution >= 0.6 is 0 Å². The zero-order chi connectivity index (χ0) is 18.3. The van der Waals surface area contributed by atoms with Crippen molar-refractivity contribution in [1.82, 2.24) is 29.6 Å². The van der Waals surface area contributed by atoms with Crippen LogP contribution in [-0.4, -0.2) is 35.5 Å². The van der Waals surface area contributed by atoms with Gasteiger partial charge in [-0.15, -0.1) is 15.3 Å². The Hall–Kier alpha value is -3.75. The molecule has 3 aromatic heterocycles. The number of carbonyl (C=O) groups is 1. The number of H-pyrrole nitrogens is 1. The molecule has 0 fully saturated rings. The van der Waals surface area contributed by atoms with Gasteiger partial charge >= 0.3 is 0 Å². The molecule has 0 radical (unpaired) electrons. The number of nitrogens with one attached hydrogen (secondary N) is 2. The third-order valence-electron chi connectivity index (χ3n) is 4.05. The van der Waals surface area contributed by atoms with Crippen LogP contribution in [0.4, 0.5) is 5.69 Å². The number of benzene rings is 1. The fourth-order valence-corrected chi connectivity index (χ4v) is 2.67. The molecule has 130 valence electrons. The summed E-state index contributed by atoms with van der Waals surface area (Å²) in [5, 5.41) is 17.7. The monoisotopic (exact) mass is 349 g/mol. The number of rotatable bonds is 3. The molecular weight excluding hydrogens is 334 g/mol. The van der Waals surface area contributed by atoms with Crippen LogP contribution in [0, 0.1) is 13.8 Å². The van der Waals surface area contributed by atoms with Gasteiger partial charge in [0.1, 0.15) is 5.69 Å². The summed E-state index contributed by atoms with van der Waals surface area (Å²) >= 11 is 0. The number of hydrogen-bond acceptors (Lipinski definition) is 5. The SMILES string of the molecule is Cc1c(NC(=O)c2ccccc2)c(=O)[nH]n1-c1ccc2nnc(C)n2n1. The molecule has 0 spiro atoms. The summed E-state index contributed by atoms with van der Waals surface area (Å²) < 4.78 is 3.09. The van der Waals surface area contributed by atoms with Crippen LogP contribution in [0.2, 0.25) is 0 Å². The van der Waals surface area contributed by atoms with E-state index in [1.54, 1.807) is 54.8 Å². The first kappa shape index (κ1) is 15.8. The fourth-order valence-electron chi connectivity index (χ4n) is 2.67. The van der Waals surface area contributed by atoms with E-state index < -0.39 is 5.56 Å². The molecule has 0 saturated carbocycles. The smallest absolute Gasteiger partial charge is 0.288 e. The molecule has 3 heterocycles. The van der Waals surface area contributed by atoms with E-state index in [1.165, 1.54) is 4.68 Å². The molecule has 2 N–H and O–H groups in total. The lowest BCUT2D eigenvalue weighted by atomic mass is 10.2. The highest BCUT2D eigenvalue weighted by atomic mass is 16.2. The molecule has 0 aliphatic heterocycles. The van der Waals surface area contributed by atoms with Crippen molar-refractivity contribution in [3.05, 3.63) is 69.9 Å². The largest absolute Gasteiger partial charge is 0.316 e. The fraction of sp³-hybridized carbons (Fsp3) is 0.118. The Morgan fingerprint density at radius 2 is 1.85 bits per heavy atom. The number of aryl methyl sites for hydroxylation is 1. The van der Waals surface area contributed by atoms with Crippen LogP contribution < -0.4 is 10.9 Å². The van der Waals surface area contributed by atoms with Crippen LogP contribution in [0.1, 0.15) is 21.9 Å². The van der Waals surface area contributed by atoms with E-state index in [0.29, 0.717) is 28.5 Å². The first-order chi connectivity index (χ1) is 12.5. The summed E-state index contributed by atoms with van der Waals surface area (Å²) in [4.78, 5) is 24.7. The van der Waals surface area contributed by atoms with Crippen molar-refractivity contribution in [2.24, 2.45) is 0 Å². The summed E-state index contributed by atoms with van der Waals surface area (Å²) in [5.74, 6) is 0.761. The minimum absolute atomic E-state index is 0.182. The summed E-state index contributed by atoms with van der Waals surface area (Å²) in [7, 11) is 0. The second-order valence-electron chi connectivity index (χ2n) is 5.77. The minimum atomic E-state index is -0.408. The van der Waals surface area contributed by atoms with Gasteiger partial charge in [0.05, 0.1) is 5.69 Å². The molecule has 0 aliphatic carbocycles. The van der Waals surface area contributed by atoms with E-state index in [1.807, 2.05) is 6.07 Å². The first-order valence-corrected chi connectivity index (χ1v) is 7.92. The third-order valence-corrected chi connectivity index (χ3v) is 4.05. The van der Waals surface area contributed by atoms with Gasteiger partial charge in [-0.1, -0.05) is 18.2 Å². The lowest BCUT2D eigenvalue weighted by Gasteiger charge is -2.06. The molecule has 4 aromatic rings. The van der Waals surface area contributed by atoms with Crippen LogP contribution in [0.5, 0.6) is 0 Å². The molecule has 1 amide bonds. The average molecular weight is 349 g/mol. The van der Waals surface area contributed by atoms with Gasteiger partial charge in [0.25, 0.3) is 11.5 Å². The zero-order valence-electron chi connectivity index (χ0n) is 14.1. The van der Waals surface area contributed by atoms with Crippen molar-refractivity contribution in [3.63, 3.8) is 0 Å². The van der Waals surface area contributed by atoms with E-state index in [4.69, 9.17) is 0 Å². The molecule has 0 saturated heterocycles. The van der Waals surface area contributed by atoms with E-state index in [9.17, 15) is 9.59 Å². The Labute approximate surface area is 147 Å². The lowest BCUT2D eigenvalue weighted by Crippen LogP contribution is -2.17. The average Bonchev–Trinajstić information content (AvgIpc) is 3.16. The van der Waals surface area contributed by atoms with Gasteiger partial charge in [0.15, 0.2) is 17.3 Å². The van der Waals surface area contributed by atoms with Crippen molar-refractivity contribution in [2.45, 2.75) is 13.8 Å². The minimum Gasteiger partial charge on any atom is -0.316 e. The quantitative estimate of drug-likeness (QED) is 0.582. The highest BCUT2D eigenvalue weighted by Crippen LogP contribution is 2.15. The lowest BCUT2D eigenvalue weighted by molar-refractivity contribution is 0.102. The van der Waals surface area contributed by atoms with Gasteiger partial charge in [-0.2, -0.15) is 4.52 Å². The first-order valence-electron chi connectivity index (χ1n) is 7.92. The molecule has 9 nitrogen and oxygen atoms in total. The third kappa shape index (κ3) is 2.55. The van der Waals surface area contributed by atoms with Gasteiger partial charge in [-0.3, -0.25) is 14.7 Å². The number of nitrogens with zero attached hydrogens (tertiary/aromatic N) is 5. The van der Waals surface area contributed by atoms with Crippen molar-refractivity contribution >= 4 is 17.2 Å². The second kappa shape index (κ2) is 5.96. The number of aromatic nitrogens is 6. The topological polar surface area (TPSA) is 110 Å². The molecule has 9 heteroatoms. The van der Waals surface area contributed by atoms with E-state index in [0.717, 1.165) is 0 Å². The Kier molecular flexibility index (Phi) is 3.61. The van der Waals surface area contributed by atoms with Crippen molar-refractivity contribution < 1.29 is 4.79 Å². The predicted molar refractivity (Wildman–Crippen MR) is 94.6 cm³/mol. The maximum Gasteiger partial charge on any atom is 0.288 e. The van der Waals surface area contributed by atoms with E-state index in [2.05, 4.69) is 25.7 Å². The molecule has 0 unspecified atom stereocenters. The Morgan fingerprint density at radius 1 is 1.08 bits per heavy atom. The van der Waals surface area contributed by atoms with Gasteiger partial charge in [-0.05, 0) is 38.1 Å². The van der Waals surface area contributed by atoms with Gasteiger partial charge in [-0.25, -0.2) is 4.68 Å². The van der Waals surface area contributed by atoms with E-state index >= 15 is 0 Å². The van der Waals surface area contributed by atoms with Gasteiger partial charge < -0.3 is 5.32 Å². The maximum absolute atomic E-state index is 12.3. The molecule has 1 aromatic carbocycles. The van der Waals surface area contributed by atoms with Crippen LogP contribution in [0.25, 0.3) is 11.5 Å². The van der Waals surface area contributed by atoms with Crippen molar-refractivity contribution in [3.8, 4) is 5.82 Å². The maximum atomic E-state index is 12.3. The van der Waals surface area contributed by atoms with Crippen LogP contribution in [0.15, 0.2) is 47.3 Å². The molecular formula is C17H15N7O2. The number of hydrogen-bond donors (Lipinski definition) is 2. The number of anilines is 1. The molecule has 26 heavy (non-hydrogen) atoms. The van der Waals surface area contributed by atoms with Crippen LogP contribution in [-0.2, 0) is 0 Å². The molecule has 0 atom stereocenters. The van der Waals surface area contributed by atoms with Gasteiger partial charge in [0.2, 0.25) is 0 Å².